The molecule has 0 aliphatic heterocycles. The molecule has 0 N–H and O–H groups in total. The third-order valence-electron chi connectivity index (χ3n) is 4.84. The van der Waals surface area contributed by atoms with Crippen LogP contribution in [0.4, 0.5) is 0 Å². The topological polar surface area (TPSA) is 22.4 Å². The standard InChI is InChI=1S/C23H28O2/c1-4-6-7-9-17-12-13-21(18(5-2)14-17)23-15-19-10-8-11-20(24-3)16-22(19)25-23/h10-16H,4-9H2,1-3H3. The lowest BCUT2D eigenvalue weighted by atomic mass is 9.97. The van der Waals surface area contributed by atoms with Crippen molar-refractivity contribution in [2.45, 2.75) is 52.4 Å². The molecule has 1 aromatic heterocycles. The summed E-state index contributed by atoms with van der Waals surface area (Å²) in [5.74, 6) is 1.81. The van der Waals surface area contributed by atoms with E-state index in [1.807, 2.05) is 6.08 Å². The summed E-state index contributed by atoms with van der Waals surface area (Å²) in [6.45, 7) is 4.46. The Morgan fingerprint density at radius 2 is 1.96 bits per heavy atom. The van der Waals surface area contributed by atoms with Crippen molar-refractivity contribution in [1.82, 2.24) is 0 Å². The molecule has 1 aliphatic carbocycles. The molecule has 132 valence electrons. The number of allylic oxidation sites excluding steroid dienone is 2. The van der Waals surface area contributed by atoms with E-state index >= 15 is 0 Å². The van der Waals surface area contributed by atoms with Crippen molar-refractivity contribution in [3.05, 3.63) is 57.9 Å². The highest BCUT2D eigenvalue weighted by atomic mass is 16.5. The second-order valence-corrected chi connectivity index (χ2v) is 6.63. The lowest BCUT2D eigenvalue weighted by Crippen LogP contribution is -2.18. The second kappa shape index (κ2) is 8.24. The first-order chi connectivity index (χ1) is 12.2. The van der Waals surface area contributed by atoms with Gasteiger partial charge in [0.15, 0.2) is 0 Å². The van der Waals surface area contributed by atoms with Gasteiger partial charge in [0, 0.05) is 16.9 Å². The Morgan fingerprint density at radius 1 is 1.08 bits per heavy atom. The molecule has 1 heterocycles. The summed E-state index contributed by atoms with van der Waals surface area (Å²) in [5.41, 5.74) is 4.89. The SMILES string of the molecule is CCCCCc1ccc(-c2cc3c(o2)=CC(OC)=CCC=3)c(CC)c1. The smallest absolute Gasteiger partial charge is 0.138 e. The normalized spacial score (nSPS) is 13.3. The third-order valence-corrected chi connectivity index (χ3v) is 4.84. The number of hydrogen-bond donors (Lipinski definition) is 0. The van der Waals surface area contributed by atoms with Crippen LogP contribution >= 0.6 is 0 Å². The molecule has 2 nitrogen and oxygen atoms in total. The summed E-state index contributed by atoms with van der Waals surface area (Å²) in [4.78, 5) is 0. The maximum atomic E-state index is 6.18. The van der Waals surface area contributed by atoms with E-state index in [1.165, 1.54) is 42.4 Å². The van der Waals surface area contributed by atoms with Crippen molar-refractivity contribution in [1.29, 1.82) is 0 Å². The van der Waals surface area contributed by atoms with Crippen molar-refractivity contribution < 1.29 is 9.15 Å². The quantitative estimate of drug-likeness (QED) is 0.682. The summed E-state index contributed by atoms with van der Waals surface area (Å²) < 4.78 is 11.6. The number of benzene rings is 1. The number of aryl methyl sites for hydroxylation is 2. The lowest BCUT2D eigenvalue weighted by Gasteiger charge is -2.09. The van der Waals surface area contributed by atoms with Crippen LogP contribution in [0.5, 0.6) is 0 Å². The molecule has 1 aromatic carbocycles. The average Bonchev–Trinajstić information content (AvgIpc) is 2.93. The predicted molar refractivity (Wildman–Crippen MR) is 105 cm³/mol. The van der Waals surface area contributed by atoms with Crippen LogP contribution in [0.15, 0.2) is 40.5 Å². The van der Waals surface area contributed by atoms with Crippen molar-refractivity contribution in [3.63, 3.8) is 0 Å². The first-order valence-corrected chi connectivity index (χ1v) is 9.43. The molecule has 2 heteroatoms. The molecular weight excluding hydrogens is 308 g/mol. The maximum absolute atomic E-state index is 6.18. The molecule has 0 atom stereocenters. The number of unbranched alkanes of at least 4 members (excludes halogenated alkanes) is 2. The molecule has 0 unspecified atom stereocenters. The maximum Gasteiger partial charge on any atom is 0.138 e. The number of ether oxygens (including phenoxy) is 1. The van der Waals surface area contributed by atoms with Crippen LogP contribution in [0.25, 0.3) is 23.5 Å². The van der Waals surface area contributed by atoms with Gasteiger partial charge in [-0.3, -0.25) is 0 Å². The fourth-order valence-corrected chi connectivity index (χ4v) is 3.37. The molecule has 0 amide bonds. The van der Waals surface area contributed by atoms with E-state index < -0.39 is 0 Å². The number of furan rings is 1. The van der Waals surface area contributed by atoms with Gasteiger partial charge in [-0.05, 0) is 49.0 Å². The van der Waals surface area contributed by atoms with Crippen LogP contribution in [0, 0.1) is 0 Å². The molecule has 0 fully saturated rings. The molecule has 0 radical (unpaired) electrons. The van der Waals surface area contributed by atoms with E-state index in [1.54, 1.807) is 7.11 Å². The van der Waals surface area contributed by atoms with E-state index in [-0.39, 0.29) is 0 Å². The van der Waals surface area contributed by atoms with Crippen molar-refractivity contribution in [3.8, 4) is 11.3 Å². The van der Waals surface area contributed by atoms with Gasteiger partial charge >= 0.3 is 0 Å². The molecule has 25 heavy (non-hydrogen) atoms. The van der Waals surface area contributed by atoms with Crippen molar-refractivity contribution >= 4 is 12.2 Å². The van der Waals surface area contributed by atoms with Crippen LogP contribution in [0.3, 0.4) is 0 Å². The molecule has 1 aliphatic rings. The van der Waals surface area contributed by atoms with E-state index in [4.69, 9.17) is 9.15 Å². The zero-order valence-corrected chi connectivity index (χ0v) is 15.6. The van der Waals surface area contributed by atoms with Crippen LogP contribution in [-0.4, -0.2) is 7.11 Å². The number of hydrogen-bond acceptors (Lipinski definition) is 2. The largest absolute Gasteiger partial charge is 0.497 e. The van der Waals surface area contributed by atoms with Gasteiger partial charge in [0.05, 0.1) is 7.11 Å². The predicted octanol–water partition coefficient (Wildman–Crippen LogP) is 4.74. The van der Waals surface area contributed by atoms with Gasteiger partial charge in [-0.2, -0.15) is 0 Å². The van der Waals surface area contributed by atoms with Gasteiger partial charge in [0.25, 0.3) is 0 Å². The Kier molecular flexibility index (Phi) is 5.80. The van der Waals surface area contributed by atoms with E-state index in [2.05, 4.69) is 50.3 Å². The Bertz CT molecular complexity index is 868. The van der Waals surface area contributed by atoms with Crippen molar-refractivity contribution in [2.24, 2.45) is 0 Å². The zero-order valence-electron chi connectivity index (χ0n) is 15.6. The summed E-state index contributed by atoms with van der Waals surface area (Å²) in [6, 6.07) is 8.99. The van der Waals surface area contributed by atoms with Gasteiger partial charge in [-0.25, -0.2) is 0 Å². The first-order valence-electron chi connectivity index (χ1n) is 9.43. The monoisotopic (exact) mass is 336 g/mol. The highest BCUT2D eigenvalue weighted by Crippen LogP contribution is 2.25. The number of methoxy groups -OCH3 is 1. The summed E-state index contributed by atoms with van der Waals surface area (Å²) in [5, 5.41) is 1.15. The molecule has 2 aromatic rings. The Balaban J connectivity index is 1.95. The minimum atomic E-state index is 0.859. The molecule has 0 saturated heterocycles. The van der Waals surface area contributed by atoms with Crippen LogP contribution in [0.2, 0.25) is 0 Å². The summed E-state index contributed by atoms with van der Waals surface area (Å²) in [7, 11) is 1.70. The number of fused-ring (bicyclic) bond motifs is 1. The van der Waals surface area contributed by atoms with E-state index in [9.17, 15) is 0 Å². The Hall–Kier alpha value is -2.22. The molecule has 0 saturated carbocycles. The minimum absolute atomic E-state index is 0.859. The highest BCUT2D eigenvalue weighted by Gasteiger charge is 2.10. The van der Waals surface area contributed by atoms with Crippen molar-refractivity contribution in [2.75, 3.05) is 7.11 Å². The molecule has 0 spiro atoms. The Labute approximate surface area is 150 Å². The minimum Gasteiger partial charge on any atom is -0.497 e. The van der Waals surface area contributed by atoms with E-state index in [0.717, 1.165) is 35.0 Å². The van der Waals surface area contributed by atoms with Gasteiger partial charge < -0.3 is 9.15 Å². The van der Waals surface area contributed by atoms with Gasteiger partial charge in [-0.15, -0.1) is 0 Å². The lowest BCUT2D eigenvalue weighted by molar-refractivity contribution is 0.311. The average molecular weight is 336 g/mol. The zero-order chi connectivity index (χ0) is 17.6. The van der Waals surface area contributed by atoms with Gasteiger partial charge in [-0.1, -0.05) is 51.0 Å². The first kappa shape index (κ1) is 17.6. The Morgan fingerprint density at radius 3 is 2.72 bits per heavy atom. The second-order valence-electron chi connectivity index (χ2n) is 6.63. The third kappa shape index (κ3) is 4.07. The summed E-state index contributed by atoms with van der Waals surface area (Å²) >= 11 is 0. The van der Waals surface area contributed by atoms with Crippen LogP contribution in [0.1, 0.15) is 50.7 Å². The van der Waals surface area contributed by atoms with Crippen LogP contribution in [-0.2, 0) is 17.6 Å². The number of rotatable bonds is 7. The van der Waals surface area contributed by atoms with Gasteiger partial charge in [0.2, 0.25) is 0 Å². The molecule has 3 rings (SSSR count). The van der Waals surface area contributed by atoms with E-state index in [0.29, 0.717) is 0 Å². The van der Waals surface area contributed by atoms with Gasteiger partial charge in [0.1, 0.15) is 16.9 Å². The fraction of sp³-hybridized carbons (Fsp3) is 0.391. The summed E-state index contributed by atoms with van der Waals surface area (Å²) in [6.07, 6.45) is 13.1. The fourth-order valence-electron chi connectivity index (χ4n) is 3.37. The molecular formula is C23H28O2. The highest BCUT2D eigenvalue weighted by molar-refractivity contribution is 5.64. The van der Waals surface area contributed by atoms with Crippen LogP contribution < -0.4 is 10.6 Å². The molecule has 0 bridgehead atoms.